The van der Waals surface area contributed by atoms with Gasteiger partial charge in [0.05, 0.1) is 11.1 Å². The Morgan fingerprint density at radius 3 is 2.15 bits per heavy atom. The molecule has 27 heavy (non-hydrogen) atoms. The van der Waals surface area contributed by atoms with Crippen LogP contribution in [-0.2, 0) is 9.53 Å². The van der Waals surface area contributed by atoms with Crippen LogP contribution in [0.1, 0.15) is 48.4 Å². The number of carbonyl (C=O) groups excluding carboxylic acids is 4. The summed E-state index contributed by atoms with van der Waals surface area (Å²) in [6.45, 7) is 6.87. The smallest absolute Gasteiger partial charge is 0.407 e. The van der Waals surface area contributed by atoms with Crippen LogP contribution in [0, 0.1) is 0 Å². The van der Waals surface area contributed by atoms with Gasteiger partial charge in [-0.1, -0.05) is 12.1 Å². The summed E-state index contributed by atoms with van der Waals surface area (Å²) in [4.78, 5) is 51.2. The molecule has 0 saturated heterocycles. The first kappa shape index (κ1) is 20.4. The zero-order valence-corrected chi connectivity index (χ0v) is 16.2. The monoisotopic (exact) mass is 375 g/mol. The molecule has 0 fully saturated rings. The number of alkyl carbamates (subject to hydrolysis) is 1. The number of ether oxygens (including phenoxy) is 1. The molecule has 1 aliphatic rings. The first-order valence-electron chi connectivity index (χ1n) is 8.68. The molecule has 1 aromatic carbocycles. The molecule has 0 radical (unpaired) electrons. The Labute approximate surface area is 158 Å². The topological polar surface area (TPSA) is 96.0 Å². The van der Waals surface area contributed by atoms with Crippen molar-refractivity contribution in [3.05, 3.63) is 35.4 Å². The van der Waals surface area contributed by atoms with Crippen LogP contribution in [0.3, 0.4) is 0 Å². The molecule has 4 amide bonds. The minimum absolute atomic E-state index is 0.210. The van der Waals surface area contributed by atoms with Gasteiger partial charge in [0.1, 0.15) is 12.1 Å². The Hall–Kier alpha value is -2.90. The van der Waals surface area contributed by atoms with Crippen LogP contribution >= 0.6 is 0 Å². The molecule has 0 bridgehead atoms. The van der Waals surface area contributed by atoms with Crippen molar-refractivity contribution in [1.82, 2.24) is 15.1 Å². The number of nitrogens with one attached hydrogen (secondary N) is 1. The van der Waals surface area contributed by atoms with Crippen molar-refractivity contribution in [2.75, 3.05) is 20.1 Å². The van der Waals surface area contributed by atoms with Gasteiger partial charge in [0.25, 0.3) is 11.8 Å². The number of nitrogens with zero attached hydrogens (tertiary/aromatic N) is 2. The Morgan fingerprint density at radius 1 is 1.15 bits per heavy atom. The quantitative estimate of drug-likeness (QED) is 0.790. The summed E-state index contributed by atoms with van der Waals surface area (Å²) < 4.78 is 5.17. The number of hydrogen-bond acceptors (Lipinski definition) is 5. The lowest BCUT2D eigenvalue weighted by Crippen LogP contribution is -2.47. The van der Waals surface area contributed by atoms with Gasteiger partial charge in [-0.05, 0) is 39.8 Å². The van der Waals surface area contributed by atoms with Gasteiger partial charge in [-0.15, -0.1) is 0 Å². The Bertz CT molecular complexity index is 734. The molecule has 2 rings (SSSR count). The van der Waals surface area contributed by atoms with Crippen molar-refractivity contribution in [1.29, 1.82) is 0 Å². The number of rotatable bonds is 5. The van der Waals surface area contributed by atoms with Crippen LogP contribution in [0.25, 0.3) is 0 Å². The second-order valence-electron chi connectivity index (χ2n) is 7.56. The lowest BCUT2D eigenvalue weighted by molar-refractivity contribution is -0.130. The molecule has 1 aliphatic heterocycles. The third-order valence-electron chi connectivity index (χ3n) is 3.91. The molecule has 1 heterocycles. The Balaban J connectivity index is 1.90. The maximum atomic E-state index is 12.4. The predicted octanol–water partition coefficient (Wildman–Crippen LogP) is 1.65. The zero-order valence-electron chi connectivity index (χ0n) is 16.2. The van der Waals surface area contributed by atoms with E-state index in [0.717, 1.165) is 4.90 Å². The molecule has 0 saturated carbocycles. The molecule has 1 aromatic rings. The number of amides is 4. The van der Waals surface area contributed by atoms with Crippen molar-refractivity contribution < 1.29 is 23.9 Å². The normalized spacial score (nSPS) is 14.6. The van der Waals surface area contributed by atoms with Crippen LogP contribution in [0.5, 0.6) is 0 Å². The van der Waals surface area contributed by atoms with Crippen molar-refractivity contribution in [3.63, 3.8) is 0 Å². The molecule has 1 N–H and O–H groups in total. The summed E-state index contributed by atoms with van der Waals surface area (Å²) in [5, 5.41) is 2.65. The van der Waals surface area contributed by atoms with Crippen LogP contribution in [0.15, 0.2) is 24.3 Å². The summed E-state index contributed by atoms with van der Waals surface area (Å²) in [5.41, 5.74) is -0.00683. The zero-order chi connectivity index (χ0) is 20.4. The van der Waals surface area contributed by atoms with Crippen LogP contribution in [-0.4, -0.2) is 65.4 Å². The number of carbonyl (C=O) groups is 4. The number of fused-ring (bicyclic) bond motifs is 1. The predicted molar refractivity (Wildman–Crippen MR) is 98.3 cm³/mol. The summed E-state index contributed by atoms with van der Waals surface area (Å²) in [7, 11) is 1.55. The van der Waals surface area contributed by atoms with Crippen LogP contribution in [0.4, 0.5) is 4.79 Å². The summed E-state index contributed by atoms with van der Waals surface area (Å²) in [6, 6.07) is 6.11. The summed E-state index contributed by atoms with van der Waals surface area (Å²) in [5.74, 6) is -1.35. The van der Waals surface area contributed by atoms with Crippen molar-refractivity contribution >= 4 is 23.8 Å². The fourth-order valence-corrected chi connectivity index (χ4v) is 2.71. The van der Waals surface area contributed by atoms with E-state index in [9.17, 15) is 19.2 Å². The first-order valence-corrected chi connectivity index (χ1v) is 8.68. The van der Waals surface area contributed by atoms with E-state index in [1.165, 1.54) is 4.90 Å². The fourth-order valence-electron chi connectivity index (χ4n) is 2.71. The van der Waals surface area contributed by atoms with Gasteiger partial charge in [0.15, 0.2) is 0 Å². The first-order chi connectivity index (χ1) is 12.5. The minimum Gasteiger partial charge on any atom is -0.444 e. The van der Waals surface area contributed by atoms with Crippen LogP contribution < -0.4 is 5.32 Å². The molecule has 8 nitrogen and oxygen atoms in total. The van der Waals surface area contributed by atoms with E-state index in [2.05, 4.69) is 5.32 Å². The molecule has 0 spiro atoms. The largest absolute Gasteiger partial charge is 0.444 e. The summed E-state index contributed by atoms with van der Waals surface area (Å²) in [6.07, 6.45) is -0.573. The van der Waals surface area contributed by atoms with E-state index in [-0.39, 0.29) is 19.1 Å². The molecular formula is C19H25N3O5. The second-order valence-corrected chi connectivity index (χ2v) is 7.56. The maximum absolute atomic E-state index is 12.4. The van der Waals surface area contributed by atoms with E-state index in [1.807, 2.05) is 0 Å². The molecule has 0 aliphatic carbocycles. The number of imide groups is 1. The lowest BCUT2D eigenvalue weighted by atomic mass is 10.1. The fraction of sp³-hybridized carbons (Fsp3) is 0.474. The standard InChI is InChI=1S/C19H25N3O5/c1-12(20-18(26)27-19(2,3)4)10-21(5)15(23)11-22-16(24)13-8-6-7-9-14(13)17(22)25/h6-9,12H,10-11H2,1-5H3,(H,20,26)/t12-/m1/s1. The third-order valence-corrected chi connectivity index (χ3v) is 3.91. The Kier molecular flexibility index (Phi) is 5.88. The molecule has 8 heteroatoms. The molecule has 0 unspecified atom stereocenters. The third kappa shape index (κ3) is 5.06. The van der Waals surface area contributed by atoms with E-state index in [0.29, 0.717) is 11.1 Å². The number of hydrogen-bond donors (Lipinski definition) is 1. The van der Waals surface area contributed by atoms with Gasteiger partial charge >= 0.3 is 6.09 Å². The van der Waals surface area contributed by atoms with Gasteiger partial charge in [-0.3, -0.25) is 19.3 Å². The highest BCUT2D eigenvalue weighted by Gasteiger charge is 2.36. The van der Waals surface area contributed by atoms with E-state index >= 15 is 0 Å². The van der Waals surface area contributed by atoms with Gasteiger partial charge < -0.3 is 15.0 Å². The maximum Gasteiger partial charge on any atom is 0.407 e. The van der Waals surface area contributed by atoms with Crippen molar-refractivity contribution in [3.8, 4) is 0 Å². The van der Waals surface area contributed by atoms with Crippen molar-refractivity contribution in [2.24, 2.45) is 0 Å². The number of benzene rings is 1. The molecular weight excluding hydrogens is 350 g/mol. The second kappa shape index (κ2) is 7.77. The van der Waals surface area contributed by atoms with E-state index in [4.69, 9.17) is 4.74 Å². The average molecular weight is 375 g/mol. The molecule has 1 atom stereocenters. The highest BCUT2D eigenvalue weighted by atomic mass is 16.6. The molecule has 146 valence electrons. The van der Waals surface area contributed by atoms with E-state index in [1.54, 1.807) is 59.0 Å². The summed E-state index contributed by atoms with van der Waals surface area (Å²) >= 11 is 0. The minimum atomic E-state index is -0.614. The van der Waals surface area contributed by atoms with Gasteiger partial charge in [0, 0.05) is 19.6 Å². The van der Waals surface area contributed by atoms with E-state index < -0.39 is 29.4 Å². The molecule has 0 aromatic heterocycles. The van der Waals surface area contributed by atoms with Gasteiger partial charge in [-0.25, -0.2) is 4.79 Å². The highest BCUT2D eigenvalue weighted by Crippen LogP contribution is 2.22. The Morgan fingerprint density at radius 2 is 1.67 bits per heavy atom. The average Bonchev–Trinajstić information content (AvgIpc) is 2.78. The van der Waals surface area contributed by atoms with Gasteiger partial charge in [-0.2, -0.15) is 0 Å². The highest BCUT2D eigenvalue weighted by molar-refractivity contribution is 6.22. The van der Waals surface area contributed by atoms with Gasteiger partial charge in [0.2, 0.25) is 5.91 Å². The van der Waals surface area contributed by atoms with Crippen molar-refractivity contribution in [2.45, 2.75) is 39.3 Å². The SMILES string of the molecule is C[C@H](CN(C)C(=O)CN1C(=O)c2ccccc2C1=O)NC(=O)OC(C)(C)C. The number of likely N-dealkylation sites (N-methyl/N-ethyl adjacent to an activating group) is 1. The lowest BCUT2D eigenvalue weighted by Gasteiger charge is -2.26. The van der Waals surface area contributed by atoms with Crippen LogP contribution in [0.2, 0.25) is 0 Å².